The highest BCUT2D eigenvalue weighted by atomic mass is 19.4. The Bertz CT molecular complexity index is 464. The molecule has 0 spiro atoms. The molecule has 0 unspecified atom stereocenters. The second-order valence-corrected chi connectivity index (χ2v) is 5.67. The van der Waals surface area contributed by atoms with Crippen molar-refractivity contribution in [2.24, 2.45) is 5.73 Å². The number of nitrogens with zero attached hydrogens (tertiary/aromatic N) is 2. The Morgan fingerprint density at radius 1 is 1.32 bits per heavy atom. The Balaban J connectivity index is 1.83. The van der Waals surface area contributed by atoms with E-state index in [0.717, 1.165) is 44.7 Å². The third kappa shape index (κ3) is 5.38. The van der Waals surface area contributed by atoms with E-state index in [2.05, 4.69) is 9.64 Å². The molecule has 0 amide bonds. The minimum atomic E-state index is -4.65. The highest BCUT2D eigenvalue weighted by molar-refractivity contribution is 5.48. The molecular formula is C15H22F3N3O. The van der Waals surface area contributed by atoms with Gasteiger partial charge in [-0.15, -0.1) is 13.2 Å². The van der Waals surface area contributed by atoms with Crippen molar-refractivity contribution in [2.75, 3.05) is 38.1 Å². The molecule has 1 atom stereocenters. The van der Waals surface area contributed by atoms with Crippen molar-refractivity contribution in [2.45, 2.75) is 25.2 Å². The van der Waals surface area contributed by atoms with Crippen molar-refractivity contribution in [1.82, 2.24) is 4.90 Å². The topological polar surface area (TPSA) is 41.7 Å². The Hall–Kier alpha value is -1.47. The molecule has 4 nitrogen and oxygen atoms in total. The molecule has 124 valence electrons. The average Bonchev–Trinajstić information content (AvgIpc) is 2.44. The number of halogens is 3. The summed E-state index contributed by atoms with van der Waals surface area (Å²) in [4.78, 5) is 4.34. The first-order valence-corrected chi connectivity index (χ1v) is 7.38. The van der Waals surface area contributed by atoms with Gasteiger partial charge in [0.25, 0.3) is 0 Å². The minimum absolute atomic E-state index is 0.202. The monoisotopic (exact) mass is 317 g/mol. The van der Waals surface area contributed by atoms with Crippen LogP contribution in [-0.2, 0) is 0 Å². The van der Waals surface area contributed by atoms with Crippen LogP contribution in [0.4, 0.5) is 18.9 Å². The van der Waals surface area contributed by atoms with Gasteiger partial charge in [0.05, 0.1) is 0 Å². The van der Waals surface area contributed by atoms with Crippen LogP contribution in [-0.4, -0.2) is 50.5 Å². The molecule has 0 saturated carbocycles. The maximum atomic E-state index is 12.1. The van der Waals surface area contributed by atoms with Crippen LogP contribution in [0.2, 0.25) is 0 Å². The first-order chi connectivity index (χ1) is 10.3. The fourth-order valence-electron chi connectivity index (χ4n) is 2.62. The van der Waals surface area contributed by atoms with Gasteiger partial charge in [0.2, 0.25) is 0 Å². The standard InChI is InChI=1S/C15H22F3N3O/c1-20(9-10-21-8-2-3-12(19)11-21)13-4-6-14(7-5-13)22-15(16,17)18/h4-7,12H,2-3,8-11,19H2,1H3/t12-/m1/s1. The lowest BCUT2D eigenvalue weighted by molar-refractivity contribution is -0.274. The molecule has 2 N–H and O–H groups in total. The summed E-state index contributed by atoms with van der Waals surface area (Å²) in [6.45, 7) is 3.66. The number of alkyl halides is 3. The number of nitrogens with two attached hydrogens (primary N) is 1. The molecule has 1 heterocycles. The summed E-state index contributed by atoms with van der Waals surface area (Å²) in [5.41, 5.74) is 6.81. The molecule has 1 aromatic carbocycles. The summed E-state index contributed by atoms with van der Waals surface area (Å²) in [5, 5.41) is 0. The normalized spacial score (nSPS) is 20.0. The van der Waals surface area contributed by atoms with Crippen LogP contribution >= 0.6 is 0 Å². The number of piperidine rings is 1. The van der Waals surface area contributed by atoms with Crippen molar-refractivity contribution in [3.63, 3.8) is 0 Å². The number of benzene rings is 1. The van der Waals surface area contributed by atoms with E-state index in [4.69, 9.17) is 5.73 Å². The lowest BCUT2D eigenvalue weighted by Gasteiger charge is -2.32. The SMILES string of the molecule is CN(CCN1CCC[C@@H](N)C1)c1ccc(OC(F)(F)F)cc1. The lowest BCUT2D eigenvalue weighted by Crippen LogP contribution is -2.45. The number of likely N-dealkylation sites (N-methyl/N-ethyl adjacent to an activating group) is 1. The number of hydrogen-bond acceptors (Lipinski definition) is 4. The van der Waals surface area contributed by atoms with Crippen LogP contribution in [0, 0.1) is 0 Å². The first kappa shape index (κ1) is 16.9. The Morgan fingerprint density at radius 2 is 2.00 bits per heavy atom. The molecule has 1 saturated heterocycles. The van der Waals surface area contributed by atoms with Gasteiger partial charge in [0.15, 0.2) is 0 Å². The average molecular weight is 317 g/mol. The van der Waals surface area contributed by atoms with E-state index in [0.29, 0.717) is 0 Å². The first-order valence-electron chi connectivity index (χ1n) is 7.38. The molecule has 0 radical (unpaired) electrons. The van der Waals surface area contributed by atoms with E-state index in [1.165, 1.54) is 12.1 Å². The lowest BCUT2D eigenvalue weighted by atomic mass is 10.1. The van der Waals surface area contributed by atoms with Crippen molar-refractivity contribution < 1.29 is 17.9 Å². The molecular weight excluding hydrogens is 295 g/mol. The van der Waals surface area contributed by atoms with Gasteiger partial charge in [0, 0.05) is 38.4 Å². The molecule has 1 aromatic rings. The molecule has 7 heteroatoms. The second kappa shape index (κ2) is 7.19. The molecule has 1 fully saturated rings. The third-order valence-corrected chi connectivity index (χ3v) is 3.80. The van der Waals surface area contributed by atoms with E-state index in [9.17, 15) is 13.2 Å². The zero-order chi connectivity index (χ0) is 16.2. The smallest absolute Gasteiger partial charge is 0.406 e. The number of hydrogen-bond donors (Lipinski definition) is 1. The Labute approximate surface area is 128 Å². The largest absolute Gasteiger partial charge is 0.573 e. The van der Waals surface area contributed by atoms with Gasteiger partial charge in [-0.25, -0.2) is 0 Å². The van der Waals surface area contributed by atoms with Crippen LogP contribution in [0.15, 0.2) is 24.3 Å². The van der Waals surface area contributed by atoms with E-state index in [1.54, 1.807) is 12.1 Å². The molecule has 0 aromatic heterocycles. The van der Waals surface area contributed by atoms with Crippen LogP contribution < -0.4 is 15.4 Å². The molecule has 1 aliphatic heterocycles. The van der Waals surface area contributed by atoms with E-state index in [-0.39, 0.29) is 11.8 Å². The summed E-state index contributed by atoms with van der Waals surface area (Å²) >= 11 is 0. The summed E-state index contributed by atoms with van der Waals surface area (Å²) in [6.07, 6.45) is -2.46. The van der Waals surface area contributed by atoms with E-state index >= 15 is 0 Å². The van der Waals surface area contributed by atoms with Gasteiger partial charge in [0.1, 0.15) is 5.75 Å². The van der Waals surface area contributed by atoms with Crippen LogP contribution in [0.1, 0.15) is 12.8 Å². The fourth-order valence-corrected chi connectivity index (χ4v) is 2.62. The summed E-state index contributed by atoms with van der Waals surface area (Å²) in [5.74, 6) is -0.202. The van der Waals surface area contributed by atoms with Gasteiger partial charge in [-0.3, -0.25) is 0 Å². The number of anilines is 1. The van der Waals surface area contributed by atoms with Crippen LogP contribution in [0.3, 0.4) is 0 Å². The number of likely N-dealkylation sites (tertiary alicyclic amines) is 1. The van der Waals surface area contributed by atoms with Crippen molar-refractivity contribution in [1.29, 1.82) is 0 Å². The molecule has 22 heavy (non-hydrogen) atoms. The highest BCUT2D eigenvalue weighted by Crippen LogP contribution is 2.25. The van der Waals surface area contributed by atoms with Crippen molar-refractivity contribution >= 4 is 5.69 Å². The highest BCUT2D eigenvalue weighted by Gasteiger charge is 2.31. The van der Waals surface area contributed by atoms with Gasteiger partial charge < -0.3 is 20.3 Å². The quantitative estimate of drug-likeness (QED) is 0.906. The molecule has 1 aliphatic rings. The van der Waals surface area contributed by atoms with Gasteiger partial charge in [-0.2, -0.15) is 0 Å². The van der Waals surface area contributed by atoms with Gasteiger partial charge in [-0.05, 0) is 43.7 Å². The summed E-state index contributed by atoms with van der Waals surface area (Å²) in [6, 6.07) is 6.16. The van der Waals surface area contributed by atoms with Crippen LogP contribution in [0.5, 0.6) is 5.75 Å². The maximum absolute atomic E-state index is 12.1. The number of rotatable bonds is 5. The molecule has 0 aliphatic carbocycles. The summed E-state index contributed by atoms with van der Waals surface area (Å²) < 4.78 is 40.2. The maximum Gasteiger partial charge on any atom is 0.573 e. The zero-order valence-electron chi connectivity index (χ0n) is 12.6. The Kier molecular flexibility index (Phi) is 5.52. The van der Waals surface area contributed by atoms with Gasteiger partial charge in [-0.1, -0.05) is 0 Å². The van der Waals surface area contributed by atoms with Crippen molar-refractivity contribution in [3.05, 3.63) is 24.3 Å². The molecule has 0 bridgehead atoms. The van der Waals surface area contributed by atoms with E-state index < -0.39 is 6.36 Å². The second-order valence-electron chi connectivity index (χ2n) is 5.67. The van der Waals surface area contributed by atoms with Gasteiger partial charge >= 0.3 is 6.36 Å². The predicted octanol–water partition coefficient (Wildman–Crippen LogP) is 2.44. The summed E-state index contributed by atoms with van der Waals surface area (Å²) in [7, 11) is 1.92. The third-order valence-electron chi connectivity index (χ3n) is 3.80. The molecule has 2 rings (SSSR count). The predicted molar refractivity (Wildman–Crippen MR) is 80.0 cm³/mol. The number of ether oxygens (including phenoxy) is 1. The minimum Gasteiger partial charge on any atom is -0.406 e. The van der Waals surface area contributed by atoms with Crippen LogP contribution in [0.25, 0.3) is 0 Å². The van der Waals surface area contributed by atoms with Crippen molar-refractivity contribution in [3.8, 4) is 5.75 Å². The fraction of sp³-hybridized carbons (Fsp3) is 0.600. The Morgan fingerprint density at radius 3 is 2.59 bits per heavy atom. The van der Waals surface area contributed by atoms with E-state index in [1.807, 2.05) is 11.9 Å². The zero-order valence-corrected chi connectivity index (χ0v) is 12.6.